The molecule has 7 nitrogen and oxygen atoms in total. The Hall–Kier alpha value is -2.91. The third-order valence-electron chi connectivity index (χ3n) is 4.15. The van der Waals surface area contributed by atoms with Gasteiger partial charge in [0.1, 0.15) is 17.9 Å². The Balaban J connectivity index is 1.51. The molecule has 10 heteroatoms. The molecular weight excluding hydrogens is 337 g/mol. The molecule has 0 atom stereocenters. The lowest BCUT2D eigenvalue weighted by atomic mass is 10.3. The highest BCUT2D eigenvalue weighted by molar-refractivity contribution is 5.79. The zero-order valence-corrected chi connectivity index (χ0v) is 12.9. The summed E-state index contributed by atoms with van der Waals surface area (Å²) < 4.78 is 41.2. The number of imidazole rings is 1. The van der Waals surface area contributed by atoms with Crippen LogP contribution in [0.3, 0.4) is 0 Å². The normalized spacial score (nSPS) is 14.8. The number of amides is 1. The van der Waals surface area contributed by atoms with Gasteiger partial charge in [-0.1, -0.05) is 17.3 Å². The van der Waals surface area contributed by atoms with Crippen molar-refractivity contribution in [1.82, 2.24) is 29.4 Å². The van der Waals surface area contributed by atoms with Crippen LogP contribution >= 0.6 is 0 Å². The number of aromatic nitrogens is 5. The number of para-hydroxylation sites is 1. The van der Waals surface area contributed by atoms with E-state index in [0.717, 1.165) is 11.7 Å². The Labute approximate surface area is 139 Å². The van der Waals surface area contributed by atoms with Crippen LogP contribution < -0.4 is 0 Å². The second kappa shape index (κ2) is 5.57. The van der Waals surface area contributed by atoms with Crippen LogP contribution in [0.1, 0.15) is 11.5 Å². The van der Waals surface area contributed by atoms with Gasteiger partial charge in [0.2, 0.25) is 5.91 Å². The van der Waals surface area contributed by atoms with Crippen LogP contribution in [-0.4, -0.2) is 41.9 Å². The van der Waals surface area contributed by atoms with Crippen molar-refractivity contribution < 1.29 is 18.0 Å². The number of nitrogens with zero attached hydrogens (tertiary/aromatic N) is 6. The Morgan fingerprint density at radius 3 is 2.80 bits per heavy atom. The smallest absolute Gasteiger partial charge is 0.332 e. The van der Waals surface area contributed by atoms with Gasteiger partial charge >= 0.3 is 6.18 Å². The van der Waals surface area contributed by atoms with Gasteiger partial charge in [0, 0.05) is 19.3 Å². The Kier molecular flexibility index (Phi) is 3.48. The summed E-state index contributed by atoms with van der Waals surface area (Å²) in [5, 5.41) is 7.94. The van der Waals surface area contributed by atoms with Crippen LogP contribution in [0.15, 0.2) is 30.5 Å². The van der Waals surface area contributed by atoms with Gasteiger partial charge in [-0.25, -0.2) is 9.67 Å². The van der Waals surface area contributed by atoms with Crippen LogP contribution in [0.2, 0.25) is 0 Å². The maximum absolute atomic E-state index is 12.8. The molecule has 25 heavy (non-hydrogen) atoms. The lowest BCUT2D eigenvalue weighted by Gasteiger charge is -2.27. The number of hydrogen-bond acceptors (Lipinski definition) is 4. The van der Waals surface area contributed by atoms with E-state index in [9.17, 15) is 18.0 Å². The fourth-order valence-electron chi connectivity index (χ4n) is 2.86. The molecule has 0 unspecified atom stereocenters. The highest BCUT2D eigenvalue weighted by atomic mass is 19.4. The van der Waals surface area contributed by atoms with E-state index < -0.39 is 11.9 Å². The van der Waals surface area contributed by atoms with Crippen LogP contribution in [0.5, 0.6) is 0 Å². The summed E-state index contributed by atoms with van der Waals surface area (Å²) >= 11 is 0. The average Bonchev–Trinajstić information content (AvgIpc) is 3.18. The number of alkyl halides is 3. The predicted molar refractivity (Wildman–Crippen MR) is 80.2 cm³/mol. The van der Waals surface area contributed by atoms with Gasteiger partial charge in [-0.15, -0.1) is 5.10 Å². The molecule has 0 radical (unpaired) electrons. The molecule has 0 saturated heterocycles. The molecular formula is C15H13F3N6O. The molecule has 0 spiro atoms. The van der Waals surface area contributed by atoms with E-state index in [1.807, 2.05) is 12.1 Å². The lowest BCUT2D eigenvalue weighted by molar-refractivity contribution is -0.141. The van der Waals surface area contributed by atoms with Crippen LogP contribution in [-0.2, 0) is 30.6 Å². The Bertz CT molecular complexity index is 944. The number of benzene rings is 1. The van der Waals surface area contributed by atoms with E-state index in [1.54, 1.807) is 12.1 Å². The molecule has 4 rings (SSSR count). The van der Waals surface area contributed by atoms with Crippen molar-refractivity contribution in [3.05, 3.63) is 42.0 Å². The first-order chi connectivity index (χ1) is 11.9. The topological polar surface area (TPSA) is 68.8 Å². The minimum atomic E-state index is -4.49. The summed E-state index contributed by atoms with van der Waals surface area (Å²) in [5.41, 5.74) is 0.479. The largest absolute Gasteiger partial charge is 0.434 e. The van der Waals surface area contributed by atoms with Crippen molar-refractivity contribution in [1.29, 1.82) is 0 Å². The first kappa shape index (κ1) is 15.6. The van der Waals surface area contributed by atoms with Crippen LogP contribution in [0, 0.1) is 0 Å². The zero-order chi connectivity index (χ0) is 17.6. The number of halogens is 3. The maximum Gasteiger partial charge on any atom is 0.434 e. The van der Waals surface area contributed by atoms with Crippen molar-refractivity contribution in [3.63, 3.8) is 0 Å². The number of carbonyl (C=O) groups excluding carboxylic acids is 1. The number of hydrogen-bond donors (Lipinski definition) is 0. The average molecular weight is 350 g/mol. The molecule has 3 heterocycles. The highest BCUT2D eigenvalue weighted by Gasteiger charge is 2.36. The van der Waals surface area contributed by atoms with Gasteiger partial charge in [0.15, 0.2) is 5.69 Å². The summed E-state index contributed by atoms with van der Waals surface area (Å²) in [6.07, 6.45) is -3.50. The van der Waals surface area contributed by atoms with E-state index in [2.05, 4.69) is 15.3 Å². The maximum atomic E-state index is 12.8. The quantitative estimate of drug-likeness (QED) is 0.705. The lowest BCUT2D eigenvalue weighted by Crippen LogP contribution is -2.40. The standard InChI is InChI=1S/C15H13F3N6O/c16-15(17,18)12-7-22-5-6-23(8-13(22)19-12)14(25)9-24-11-4-2-1-3-10(11)20-21-24/h1-4,7H,5-6,8-9H2. The van der Waals surface area contributed by atoms with Crippen molar-refractivity contribution in [2.24, 2.45) is 0 Å². The van der Waals surface area contributed by atoms with Gasteiger partial charge < -0.3 is 9.47 Å². The number of fused-ring (bicyclic) bond motifs is 2. The van der Waals surface area contributed by atoms with Crippen molar-refractivity contribution in [2.75, 3.05) is 6.54 Å². The van der Waals surface area contributed by atoms with E-state index in [-0.39, 0.29) is 31.4 Å². The zero-order valence-electron chi connectivity index (χ0n) is 12.9. The fraction of sp³-hybridized carbons (Fsp3) is 0.333. The third kappa shape index (κ3) is 2.83. The summed E-state index contributed by atoms with van der Waals surface area (Å²) in [6, 6.07) is 7.25. The third-order valence-corrected chi connectivity index (χ3v) is 4.15. The van der Waals surface area contributed by atoms with E-state index in [0.29, 0.717) is 12.1 Å². The first-order valence-corrected chi connectivity index (χ1v) is 7.61. The fourth-order valence-corrected chi connectivity index (χ4v) is 2.86. The summed E-state index contributed by atoms with van der Waals surface area (Å²) in [4.78, 5) is 17.6. The second-order valence-corrected chi connectivity index (χ2v) is 5.78. The summed E-state index contributed by atoms with van der Waals surface area (Å²) in [7, 11) is 0. The molecule has 0 bridgehead atoms. The molecule has 1 aliphatic heterocycles. The van der Waals surface area contributed by atoms with Crippen molar-refractivity contribution in [2.45, 2.75) is 25.8 Å². The van der Waals surface area contributed by atoms with Gasteiger partial charge in [-0.2, -0.15) is 13.2 Å². The Morgan fingerprint density at radius 1 is 1.20 bits per heavy atom. The number of rotatable bonds is 2. The van der Waals surface area contributed by atoms with Gasteiger partial charge in [0.05, 0.1) is 12.1 Å². The molecule has 0 saturated carbocycles. The first-order valence-electron chi connectivity index (χ1n) is 7.61. The molecule has 1 amide bonds. The predicted octanol–water partition coefficient (Wildman–Crippen LogP) is 1.69. The second-order valence-electron chi connectivity index (χ2n) is 5.78. The van der Waals surface area contributed by atoms with Gasteiger partial charge in [-0.3, -0.25) is 4.79 Å². The Morgan fingerprint density at radius 2 is 2.00 bits per heavy atom. The molecule has 0 fully saturated rings. The van der Waals surface area contributed by atoms with Gasteiger partial charge in [0.25, 0.3) is 0 Å². The van der Waals surface area contributed by atoms with E-state index >= 15 is 0 Å². The van der Waals surface area contributed by atoms with Crippen LogP contribution in [0.25, 0.3) is 11.0 Å². The molecule has 1 aromatic carbocycles. The molecule has 0 aliphatic carbocycles. The minimum Gasteiger partial charge on any atom is -0.332 e. The minimum absolute atomic E-state index is 0.0205. The molecule has 3 aromatic rings. The highest BCUT2D eigenvalue weighted by Crippen LogP contribution is 2.29. The molecule has 130 valence electrons. The SMILES string of the molecule is O=C(Cn1nnc2ccccc21)N1CCn2cc(C(F)(F)F)nc2C1. The van der Waals surface area contributed by atoms with Gasteiger partial charge in [-0.05, 0) is 12.1 Å². The molecule has 2 aromatic heterocycles. The molecule has 0 N–H and O–H groups in total. The molecule has 1 aliphatic rings. The van der Waals surface area contributed by atoms with Crippen molar-refractivity contribution >= 4 is 16.9 Å². The summed E-state index contributed by atoms with van der Waals surface area (Å²) in [6.45, 7) is 0.628. The van der Waals surface area contributed by atoms with E-state index in [1.165, 1.54) is 14.1 Å². The van der Waals surface area contributed by atoms with E-state index in [4.69, 9.17) is 0 Å². The van der Waals surface area contributed by atoms with Crippen LogP contribution in [0.4, 0.5) is 13.2 Å². The van der Waals surface area contributed by atoms with Crippen molar-refractivity contribution in [3.8, 4) is 0 Å². The monoisotopic (exact) mass is 350 g/mol. The summed E-state index contributed by atoms with van der Waals surface area (Å²) in [5.74, 6) is -0.00571. The number of carbonyl (C=O) groups is 1.